The van der Waals surface area contributed by atoms with Crippen LogP contribution in [-0.4, -0.2) is 48.2 Å². The van der Waals surface area contributed by atoms with Crippen LogP contribution in [0.5, 0.6) is 0 Å². The Bertz CT molecular complexity index is 905. The maximum atomic E-state index is 11.6. The molecule has 25 heavy (non-hydrogen) atoms. The van der Waals surface area contributed by atoms with Gasteiger partial charge < -0.3 is 4.90 Å². The van der Waals surface area contributed by atoms with E-state index >= 15 is 0 Å². The Balaban J connectivity index is 1.56. The van der Waals surface area contributed by atoms with Crippen molar-refractivity contribution in [3.05, 3.63) is 42.7 Å². The summed E-state index contributed by atoms with van der Waals surface area (Å²) in [7, 11) is 0. The molecule has 128 valence electrons. The van der Waals surface area contributed by atoms with Gasteiger partial charge >= 0.3 is 0 Å². The quantitative estimate of drug-likeness (QED) is 0.731. The van der Waals surface area contributed by atoms with Gasteiger partial charge in [0.05, 0.1) is 23.8 Å². The monoisotopic (exact) mass is 336 g/mol. The van der Waals surface area contributed by atoms with Gasteiger partial charge in [0.15, 0.2) is 0 Å². The second-order valence-electron chi connectivity index (χ2n) is 6.51. The summed E-state index contributed by atoms with van der Waals surface area (Å²) in [5.41, 5.74) is 2.62. The number of hydrogen-bond donors (Lipinski definition) is 0. The predicted molar refractivity (Wildman–Crippen MR) is 92.7 cm³/mol. The lowest BCUT2D eigenvalue weighted by Gasteiger charge is -2.31. The van der Waals surface area contributed by atoms with Crippen LogP contribution in [0.1, 0.15) is 25.5 Å². The molecule has 1 aliphatic heterocycles. The van der Waals surface area contributed by atoms with E-state index in [2.05, 4.69) is 15.0 Å². The topological polar surface area (TPSA) is 76.3 Å². The SMILES string of the molecule is CC(=O)N1CCC[C@H](Cc2cncc(-c3cnc4ncccn34)n2)C1. The third kappa shape index (κ3) is 3.22. The van der Waals surface area contributed by atoms with E-state index in [1.807, 2.05) is 27.8 Å². The summed E-state index contributed by atoms with van der Waals surface area (Å²) in [6.07, 6.45) is 12.0. The number of fused-ring (bicyclic) bond motifs is 1. The number of aromatic nitrogens is 5. The van der Waals surface area contributed by atoms with Crippen LogP contribution >= 0.6 is 0 Å². The van der Waals surface area contributed by atoms with E-state index in [1.54, 1.807) is 25.5 Å². The summed E-state index contributed by atoms with van der Waals surface area (Å²) in [6, 6.07) is 1.87. The maximum absolute atomic E-state index is 11.6. The molecule has 1 atom stereocenters. The molecule has 7 heteroatoms. The van der Waals surface area contributed by atoms with Crippen LogP contribution in [0.2, 0.25) is 0 Å². The van der Waals surface area contributed by atoms with Gasteiger partial charge in [0, 0.05) is 38.6 Å². The largest absolute Gasteiger partial charge is 0.343 e. The highest BCUT2D eigenvalue weighted by molar-refractivity contribution is 5.73. The van der Waals surface area contributed by atoms with E-state index < -0.39 is 0 Å². The second-order valence-corrected chi connectivity index (χ2v) is 6.51. The van der Waals surface area contributed by atoms with Crippen LogP contribution < -0.4 is 0 Å². The van der Waals surface area contributed by atoms with Gasteiger partial charge in [-0.15, -0.1) is 0 Å². The molecular formula is C18H20N6O. The van der Waals surface area contributed by atoms with Crippen LogP contribution in [0.15, 0.2) is 37.1 Å². The fourth-order valence-electron chi connectivity index (χ4n) is 3.46. The summed E-state index contributed by atoms with van der Waals surface area (Å²) >= 11 is 0. The molecule has 0 aliphatic carbocycles. The molecule has 7 nitrogen and oxygen atoms in total. The number of rotatable bonds is 3. The van der Waals surface area contributed by atoms with Crippen LogP contribution in [-0.2, 0) is 11.2 Å². The molecule has 0 aromatic carbocycles. The van der Waals surface area contributed by atoms with Crippen molar-refractivity contribution >= 4 is 11.7 Å². The molecule has 0 bridgehead atoms. The van der Waals surface area contributed by atoms with Crippen molar-refractivity contribution in [1.29, 1.82) is 0 Å². The fourth-order valence-corrected chi connectivity index (χ4v) is 3.46. The Morgan fingerprint density at radius 3 is 3.08 bits per heavy atom. The van der Waals surface area contributed by atoms with Crippen molar-refractivity contribution < 1.29 is 4.79 Å². The van der Waals surface area contributed by atoms with Gasteiger partial charge in [0.25, 0.3) is 0 Å². The average Bonchev–Trinajstić information content (AvgIpc) is 3.06. The van der Waals surface area contributed by atoms with E-state index in [0.29, 0.717) is 11.7 Å². The summed E-state index contributed by atoms with van der Waals surface area (Å²) < 4.78 is 1.91. The zero-order valence-electron chi connectivity index (χ0n) is 14.2. The molecule has 1 aliphatic rings. The van der Waals surface area contributed by atoms with Crippen molar-refractivity contribution in [1.82, 2.24) is 29.2 Å². The molecule has 3 aromatic heterocycles. The number of imidazole rings is 1. The number of carbonyl (C=O) groups excluding carboxylic acids is 1. The van der Waals surface area contributed by atoms with Crippen molar-refractivity contribution in [3.8, 4) is 11.4 Å². The number of hydrogen-bond acceptors (Lipinski definition) is 5. The van der Waals surface area contributed by atoms with Crippen LogP contribution in [0.3, 0.4) is 0 Å². The number of likely N-dealkylation sites (tertiary alicyclic amines) is 1. The van der Waals surface area contributed by atoms with E-state index in [4.69, 9.17) is 4.98 Å². The molecule has 4 rings (SSSR count). The smallest absolute Gasteiger partial charge is 0.234 e. The Labute approximate surface area is 145 Å². The van der Waals surface area contributed by atoms with Crippen molar-refractivity contribution in [2.24, 2.45) is 5.92 Å². The number of piperidine rings is 1. The average molecular weight is 336 g/mol. The first-order chi connectivity index (χ1) is 12.2. The molecule has 0 spiro atoms. The first-order valence-corrected chi connectivity index (χ1v) is 8.55. The first-order valence-electron chi connectivity index (χ1n) is 8.55. The molecule has 4 heterocycles. The maximum Gasteiger partial charge on any atom is 0.234 e. The van der Waals surface area contributed by atoms with E-state index in [-0.39, 0.29) is 5.91 Å². The zero-order valence-corrected chi connectivity index (χ0v) is 14.2. The van der Waals surface area contributed by atoms with E-state index in [1.165, 1.54) is 0 Å². The third-order valence-electron chi connectivity index (χ3n) is 4.70. The number of nitrogens with zero attached hydrogens (tertiary/aromatic N) is 6. The van der Waals surface area contributed by atoms with Crippen LogP contribution in [0, 0.1) is 5.92 Å². The van der Waals surface area contributed by atoms with Crippen LogP contribution in [0.25, 0.3) is 17.2 Å². The molecule has 0 N–H and O–H groups in total. The molecule has 1 saturated heterocycles. The minimum absolute atomic E-state index is 0.155. The molecule has 1 amide bonds. The van der Waals surface area contributed by atoms with Gasteiger partial charge in [-0.25, -0.2) is 15.0 Å². The van der Waals surface area contributed by atoms with Gasteiger partial charge in [0.1, 0.15) is 5.69 Å². The first kappa shape index (κ1) is 15.7. The normalized spacial score (nSPS) is 17.8. The molecule has 0 radical (unpaired) electrons. The van der Waals surface area contributed by atoms with Crippen molar-refractivity contribution in [2.75, 3.05) is 13.1 Å². The third-order valence-corrected chi connectivity index (χ3v) is 4.70. The highest BCUT2D eigenvalue weighted by Gasteiger charge is 2.22. The van der Waals surface area contributed by atoms with E-state index in [9.17, 15) is 4.79 Å². The second kappa shape index (κ2) is 6.58. The van der Waals surface area contributed by atoms with Crippen LogP contribution in [0.4, 0.5) is 0 Å². The minimum atomic E-state index is 0.155. The lowest BCUT2D eigenvalue weighted by molar-refractivity contribution is -0.130. The van der Waals surface area contributed by atoms with E-state index in [0.717, 1.165) is 49.4 Å². The van der Waals surface area contributed by atoms with Gasteiger partial charge in [0.2, 0.25) is 11.7 Å². The lowest BCUT2D eigenvalue weighted by Crippen LogP contribution is -2.39. The Morgan fingerprint density at radius 1 is 1.28 bits per heavy atom. The summed E-state index contributed by atoms with van der Waals surface area (Å²) in [4.78, 5) is 31.2. The van der Waals surface area contributed by atoms with Crippen molar-refractivity contribution in [2.45, 2.75) is 26.2 Å². The highest BCUT2D eigenvalue weighted by Crippen LogP contribution is 2.22. The summed E-state index contributed by atoms with van der Waals surface area (Å²) in [6.45, 7) is 3.31. The highest BCUT2D eigenvalue weighted by atomic mass is 16.2. The predicted octanol–water partition coefficient (Wildman–Crippen LogP) is 1.99. The Kier molecular flexibility index (Phi) is 4.13. The number of carbonyl (C=O) groups is 1. The standard InChI is InChI=1S/C18H20N6O/c1-13(25)23-6-2-4-14(12-23)8-15-9-19-10-16(22-15)17-11-21-18-20-5-3-7-24(17)18/h3,5,7,9-11,14H,2,4,6,8,12H2,1H3/t14-/m1/s1. The minimum Gasteiger partial charge on any atom is -0.343 e. The number of amides is 1. The molecule has 1 fully saturated rings. The summed E-state index contributed by atoms with van der Waals surface area (Å²) in [5.74, 6) is 1.24. The van der Waals surface area contributed by atoms with Gasteiger partial charge in [-0.2, -0.15) is 0 Å². The molecule has 3 aromatic rings. The Morgan fingerprint density at radius 2 is 2.20 bits per heavy atom. The van der Waals surface area contributed by atoms with Gasteiger partial charge in [-0.05, 0) is 31.2 Å². The fraction of sp³-hybridized carbons (Fsp3) is 0.389. The van der Waals surface area contributed by atoms with Crippen molar-refractivity contribution in [3.63, 3.8) is 0 Å². The molecule has 0 unspecified atom stereocenters. The molecule has 0 saturated carbocycles. The Hall–Kier alpha value is -2.83. The lowest BCUT2D eigenvalue weighted by atomic mass is 9.93. The van der Waals surface area contributed by atoms with Gasteiger partial charge in [-0.1, -0.05) is 0 Å². The molecular weight excluding hydrogens is 316 g/mol. The zero-order chi connectivity index (χ0) is 17.2. The summed E-state index contributed by atoms with van der Waals surface area (Å²) in [5, 5.41) is 0. The van der Waals surface area contributed by atoms with Gasteiger partial charge in [-0.3, -0.25) is 14.2 Å².